The standard InChI is InChI=1S/C31H27N2O.C25H25N2O.Ir/c1-19-13-21(16-31(3,4)5)9-11-23(19)27-15-28(33-18-20(27)2)26-8-6-7-25-24-12-10-22(17-32)14-29(24)34-30(25)26;1-17(2)20-13-10-14-21(18(3)4)24(20)27-23-16-9-8-15-22(23)26-25(27)28-19-11-6-5-7-12-19;/h6-7,9-15,18H,16H2,1-5H3;5-11,13-18H,1-4H3;/q2*-1;/i1D3,2D3,11D,16D2;;. The Balaban J connectivity index is 0.000000227. The van der Waals surface area contributed by atoms with E-state index in [0.29, 0.717) is 45.9 Å². The Hall–Kier alpha value is -6.32. The number of hydrogen-bond donors (Lipinski definition) is 0. The SMILES string of the molecule is CC(C)c1cccc(C(C)C)c1-n1c(Oc2[c-]cccc2)nc2ccccc21.[2H]c1cc(C([2H])([2H])C(C)(C)C)cc(C([2H])([2H])[2H])c1-c1cc(-c2[c-]ccc3c2oc2cc(C#N)ccc23)ncc1C([2H])([2H])[2H].[Ir]. The van der Waals surface area contributed by atoms with Gasteiger partial charge in [0.05, 0.1) is 35.3 Å². The number of para-hydroxylation sites is 4. The number of aryl methyl sites for hydroxylation is 2. The van der Waals surface area contributed by atoms with Gasteiger partial charge in [-0.1, -0.05) is 120 Å². The molecular weight excluding hydrogens is 953 g/mol. The number of ether oxygens (including phenoxy) is 1. The summed E-state index contributed by atoms with van der Waals surface area (Å²) in [6.07, 6.45) is -0.846. The first-order chi connectivity index (χ1) is 33.4. The number of nitrogens with zero attached hydrogens (tertiary/aromatic N) is 4. The minimum Gasteiger partial charge on any atom is -0.501 e. The summed E-state index contributed by atoms with van der Waals surface area (Å²) in [6.45, 7) is 8.45. The quantitative estimate of drug-likeness (QED) is 0.142. The molecule has 0 atom stereocenters. The summed E-state index contributed by atoms with van der Waals surface area (Å²) >= 11 is 0. The first-order valence-electron chi connectivity index (χ1n) is 25.1. The summed E-state index contributed by atoms with van der Waals surface area (Å²) in [5.41, 5.74) is 5.95. The third-order valence-electron chi connectivity index (χ3n) is 10.4. The fourth-order valence-corrected chi connectivity index (χ4v) is 7.62. The Labute approximate surface area is 397 Å². The molecule has 0 spiro atoms. The number of furan rings is 1. The minimum atomic E-state index is -2.80. The van der Waals surface area contributed by atoms with Crippen molar-refractivity contribution < 1.29 is 41.6 Å². The van der Waals surface area contributed by atoms with Crippen LogP contribution < -0.4 is 4.74 Å². The molecular formula is C56H52IrN4O2-2. The van der Waals surface area contributed by atoms with E-state index in [0.717, 1.165) is 28.0 Å². The first kappa shape index (κ1) is 34.2. The van der Waals surface area contributed by atoms with E-state index >= 15 is 0 Å². The van der Waals surface area contributed by atoms with Gasteiger partial charge in [0.2, 0.25) is 0 Å². The van der Waals surface area contributed by atoms with Gasteiger partial charge in [-0.2, -0.15) is 28.4 Å². The van der Waals surface area contributed by atoms with Crippen LogP contribution in [0, 0.1) is 42.6 Å². The number of rotatable bonds is 8. The first-order valence-corrected chi connectivity index (χ1v) is 20.6. The average Bonchev–Trinajstić information content (AvgIpc) is 3.87. The largest absolute Gasteiger partial charge is 0.501 e. The summed E-state index contributed by atoms with van der Waals surface area (Å²) in [4.78, 5) is 9.21. The fraction of sp³-hybridized carbons (Fsp3) is 0.232. The third kappa shape index (κ3) is 9.39. The predicted octanol–water partition coefficient (Wildman–Crippen LogP) is 15.1. The molecule has 319 valence electrons. The number of aromatic nitrogens is 3. The normalized spacial score (nSPS) is 14.2. The van der Waals surface area contributed by atoms with Gasteiger partial charge in [-0.3, -0.25) is 4.57 Å². The molecule has 0 saturated heterocycles. The average molecular weight is 1010 g/mol. The number of hydrogen-bond acceptors (Lipinski definition) is 5. The molecule has 9 aromatic rings. The molecule has 3 heterocycles. The molecule has 9 rings (SSSR count). The van der Waals surface area contributed by atoms with E-state index in [1.54, 1.807) is 51.1 Å². The van der Waals surface area contributed by atoms with Crippen molar-refractivity contribution in [3.63, 3.8) is 0 Å². The van der Waals surface area contributed by atoms with Gasteiger partial charge in [0, 0.05) is 48.4 Å². The molecule has 0 bridgehead atoms. The minimum absolute atomic E-state index is 0. The van der Waals surface area contributed by atoms with Crippen molar-refractivity contribution in [2.75, 3.05) is 0 Å². The van der Waals surface area contributed by atoms with Crippen LogP contribution in [0.1, 0.15) is 106 Å². The Morgan fingerprint density at radius 3 is 2.30 bits per heavy atom. The molecule has 0 aliphatic heterocycles. The van der Waals surface area contributed by atoms with Crippen LogP contribution in [0.3, 0.4) is 0 Å². The summed E-state index contributed by atoms with van der Waals surface area (Å²) in [6, 6.07) is 43.4. The molecule has 6 aromatic carbocycles. The van der Waals surface area contributed by atoms with E-state index in [1.165, 1.54) is 35.0 Å². The third-order valence-corrected chi connectivity index (χ3v) is 10.4. The second-order valence-electron chi connectivity index (χ2n) is 16.8. The van der Waals surface area contributed by atoms with Crippen LogP contribution in [0.5, 0.6) is 11.8 Å². The zero-order valence-electron chi connectivity index (χ0n) is 45.1. The molecule has 6 nitrogen and oxygen atoms in total. The molecule has 3 aromatic heterocycles. The van der Waals surface area contributed by atoms with Gasteiger partial charge in [-0.05, 0) is 106 Å². The van der Waals surface area contributed by atoms with Gasteiger partial charge in [-0.15, -0.1) is 30.3 Å². The Morgan fingerprint density at radius 2 is 1.60 bits per heavy atom. The van der Waals surface area contributed by atoms with Crippen molar-refractivity contribution in [2.45, 2.75) is 80.4 Å². The smallest absolute Gasteiger partial charge is 0.305 e. The topological polar surface area (TPSA) is 76.9 Å². The van der Waals surface area contributed by atoms with E-state index < -0.39 is 25.5 Å². The summed E-state index contributed by atoms with van der Waals surface area (Å²) < 4.78 is 90.2. The molecule has 0 N–H and O–H groups in total. The van der Waals surface area contributed by atoms with Crippen molar-refractivity contribution in [1.82, 2.24) is 14.5 Å². The van der Waals surface area contributed by atoms with E-state index in [4.69, 9.17) is 26.5 Å². The van der Waals surface area contributed by atoms with Gasteiger partial charge in [0.25, 0.3) is 0 Å². The van der Waals surface area contributed by atoms with Crippen LogP contribution in [0.15, 0.2) is 132 Å². The van der Waals surface area contributed by atoms with E-state index in [9.17, 15) is 5.26 Å². The van der Waals surface area contributed by atoms with Crippen LogP contribution in [-0.4, -0.2) is 14.5 Å². The number of imidazole rings is 1. The molecule has 0 fully saturated rings. The number of benzene rings is 6. The summed E-state index contributed by atoms with van der Waals surface area (Å²) in [5.74, 6) is 1.42. The van der Waals surface area contributed by atoms with Crippen molar-refractivity contribution >= 4 is 33.0 Å². The molecule has 0 aliphatic rings. The zero-order valence-corrected chi connectivity index (χ0v) is 38.5. The monoisotopic (exact) mass is 1010 g/mol. The number of pyridine rings is 1. The Kier molecular flexibility index (Phi) is 10.1. The van der Waals surface area contributed by atoms with Gasteiger partial charge in [0.15, 0.2) is 0 Å². The molecule has 0 saturated carbocycles. The van der Waals surface area contributed by atoms with E-state index in [-0.39, 0.29) is 59.7 Å². The molecule has 0 unspecified atom stereocenters. The van der Waals surface area contributed by atoms with Crippen LogP contribution in [0.4, 0.5) is 0 Å². The van der Waals surface area contributed by atoms with Crippen molar-refractivity contribution in [1.29, 1.82) is 5.26 Å². The molecule has 7 heteroatoms. The van der Waals surface area contributed by atoms with Crippen molar-refractivity contribution in [3.8, 4) is 45.9 Å². The molecule has 0 amide bonds. The van der Waals surface area contributed by atoms with Crippen LogP contribution in [0.25, 0.3) is 61.0 Å². The van der Waals surface area contributed by atoms with Gasteiger partial charge >= 0.3 is 6.01 Å². The second kappa shape index (κ2) is 18.6. The molecule has 1 radical (unpaired) electrons. The van der Waals surface area contributed by atoms with Gasteiger partial charge < -0.3 is 14.1 Å². The number of fused-ring (bicyclic) bond motifs is 4. The zero-order chi connectivity index (χ0) is 51.4. The summed E-state index contributed by atoms with van der Waals surface area (Å²) in [7, 11) is 0. The van der Waals surface area contributed by atoms with E-state index in [1.807, 2.05) is 42.5 Å². The van der Waals surface area contributed by atoms with Crippen LogP contribution in [-0.2, 0) is 26.5 Å². The van der Waals surface area contributed by atoms with Gasteiger partial charge in [-0.25, -0.2) is 0 Å². The summed E-state index contributed by atoms with van der Waals surface area (Å²) in [5, 5.41) is 10.8. The van der Waals surface area contributed by atoms with Crippen LogP contribution >= 0.6 is 0 Å². The van der Waals surface area contributed by atoms with E-state index in [2.05, 4.69) is 79.7 Å². The molecule has 0 aliphatic carbocycles. The van der Waals surface area contributed by atoms with Crippen molar-refractivity contribution in [3.05, 3.63) is 173 Å². The maximum absolute atomic E-state index is 9.31. The predicted molar refractivity (Wildman–Crippen MR) is 253 cm³/mol. The maximum atomic E-state index is 9.31. The fourth-order valence-electron chi connectivity index (χ4n) is 7.62. The van der Waals surface area contributed by atoms with Crippen LogP contribution in [0.2, 0.25) is 0 Å². The Bertz CT molecular complexity index is 3470. The van der Waals surface area contributed by atoms with Crippen molar-refractivity contribution in [2.24, 2.45) is 5.41 Å². The molecule has 63 heavy (non-hydrogen) atoms. The van der Waals surface area contributed by atoms with Gasteiger partial charge in [0.1, 0.15) is 5.58 Å². The maximum Gasteiger partial charge on any atom is 0.305 e. The Morgan fingerprint density at radius 1 is 0.841 bits per heavy atom. The number of nitriles is 1. The second-order valence-corrected chi connectivity index (χ2v) is 16.8.